The predicted molar refractivity (Wildman–Crippen MR) is 95.4 cm³/mol. The SMILES string of the molecule is Cc1ccc(F)cc1CC(=O)Nc1ccccc1N1C(=O)NC(C)C1=O. The van der Waals surface area contributed by atoms with E-state index in [9.17, 15) is 18.8 Å². The molecule has 26 heavy (non-hydrogen) atoms. The fourth-order valence-electron chi connectivity index (χ4n) is 2.81. The van der Waals surface area contributed by atoms with E-state index in [0.717, 1.165) is 10.5 Å². The highest BCUT2D eigenvalue weighted by Crippen LogP contribution is 2.28. The lowest BCUT2D eigenvalue weighted by Crippen LogP contribution is -2.32. The van der Waals surface area contributed by atoms with Gasteiger partial charge in [-0.15, -0.1) is 0 Å². The second-order valence-electron chi connectivity index (χ2n) is 6.16. The molecule has 1 aliphatic rings. The molecule has 1 aliphatic heterocycles. The average molecular weight is 355 g/mol. The quantitative estimate of drug-likeness (QED) is 0.828. The molecular weight excluding hydrogens is 337 g/mol. The summed E-state index contributed by atoms with van der Waals surface area (Å²) in [4.78, 5) is 37.7. The number of rotatable bonds is 4. The molecule has 0 radical (unpaired) electrons. The monoisotopic (exact) mass is 355 g/mol. The molecule has 0 aromatic heterocycles. The Kier molecular flexibility index (Phi) is 4.71. The largest absolute Gasteiger partial charge is 0.329 e. The van der Waals surface area contributed by atoms with Crippen LogP contribution in [0, 0.1) is 12.7 Å². The Morgan fingerprint density at radius 2 is 1.96 bits per heavy atom. The van der Waals surface area contributed by atoms with Gasteiger partial charge in [0.15, 0.2) is 0 Å². The van der Waals surface area contributed by atoms with Crippen LogP contribution in [0.25, 0.3) is 0 Å². The smallest absolute Gasteiger partial charge is 0.326 e. The van der Waals surface area contributed by atoms with Crippen molar-refractivity contribution in [3.63, 3.8) is 0 Å². The van der Waals surface area contributed by atoms with Gasteiger partial charge in [0.2, 0.25) is 5.91 Å². The second-order valence-corrected chi connectivity index (χ2v) is 6.16. The normalized spacial score (nSPS) is 16.6. The first kappa shape index (κ1) is 17.6. The van der Waals surface area contributed by atoms with Crippen molar-refractivity contribution in [2.24, 2.45) is 0 Å². The summed E-state index contributed by atoms with van der Waals surface area (Å²) in [7, 11) is 0. The van der Waals surface area contributed by atoms with Crippen LogP contribution < -0.4 is 15.5 Å². The van der Waals surface area contributed by atoms with Crippen molar-refractivity contribution in [2.45, 2.75) is 26.3 Å². The molecule has 2 N–H and O–H groups in total. The highest BCUT2D eigenvalue weighted by molar-refractivity contribution is 6.23. The second kappa shape index (κ2) is 6.95. The summed E-state index contributed by atoms with van der Waals surface area (Å²) in [6.07, 6.45) is -0.0194. The number of nitrogens with zero attached hydrogens (tertiary/aromatic N) is 1. The van der Waals surface area contributed by atoms with E-state index >= 15 is 0 Å². The van der Waals surface area contributed by atoms with Crippen LogP contribution in [0.4, 0.5) is 20.6 Å². The molecule has 1 heterocycles. The number of anilines is 2. The first-order chi connectivity index (χ1) is 12.4. The number of carbonyl (C=O) groups excluding carboxylic acids is 3. The van der Waals surface area contributed by atoms with Crippen LogP contribution in [-0.2, 0) is 16.0 Å². The van der Waals surface area contributed by atoms with Gasteiger partial charge in [0.25, 0.3) is 5.91 Å². The molecule has 0 bridgehead atoms. The minimum atomic E-state index is -0.624. The molecule has 3 rings (SSSR count). The van der Waals surface area contributed by atoms with Crippen LogP contribution in [-0.4, -0.2) is 23.9 Å². The van der Waals surface area contributed by atoms with E-state index in [1.54, 1.807) is 44.2 Å². The fourth-order valence-corrected chi connectivity index (χ4v) is 2.81. The molecule has 1 saturated heterocycles. The van der Waals surface area contributed by atoms with Crippen LogP contribution in [0.15, 0.2) is 42.5 Å². The van der Waals surface area contributed by atoms with Gasteiger partial charge in [0.1, 0.15) is 11.9 Å². The van der Waals surface area contributed by atoms with Gasteiger partial charge >= 0.3 is 6.03 Å². The molecule has 0 spiro atoms. The molecule has 1 unspecified atom stereocenters. The Balaban J connectivity index is 1.83. The van der Waals surface area contributed by atoms with Crippen LogP contribution >= 0.6 is 0 Å². The third-order valence-electron chi connectivity index (χ3n) is 4.22. The van der Waals surface area contributed by atoms with Crippen molar-refractivity contribution in [3.05, 3.63) is 59.4 Å². The number of benzene rings is 2. The minimum Gasteiger partial charge on any atom is -0.326 e. The number of para-hydroxylation sites is 2. The van der Waals surface area contributed by atoms with Crippen molar-refractivity contribution >= 4 is 29.2 Å². The zero-order valence-electron chi connectivity index (χ0n) is 14.4. The van der Waals surface area contributed by atoms with E-state index in [1.807, 2.05) is 0 Å². The Bertz CT molecular complexity index is 897. The zero-order chi connectivity index (χ0) is 18.8. The third-order valence-corrected chi connectivity index (χ3v) is 4.22. The number of aryl methyl sites for hydroxylation is 1. The summed E-state index contributed by atoms with van der Waals surface area (Å²) in [6, 6.07) is 9.66. The maximum Gasteiger partial charge on any atom is 0.329 e. The zero-order valence-corrected chi connectivity index (χ0v) is 14.4. The van der Waals surface area contributed by atoms with Crippen molar-refractivity contribution in [3.8, 4) is 0 Å². The molecule has 0 saturated carbocycles. The van der Waals surface area contributed by atoms with Crippen LogP contribution in [0.1, 0.15) is 18.1 Å². The van der Waals surface area contributed by atoms with Gasteiger partial charge in [0.05, 0.1) is 17.8 Å². The number of imide groups is 1. The maximum absolute atomic E-state index is 13.4. The van der Waals surface area contributed by atoms with E-state index in [4.69, 9.17) is 0 Å². The lowest BCUT2D eigenvalue weighted by atomic mass is 10.1. The highest BCUT2D eigenvalue weighted by Gasteiger charge is 2.37. The van der Waals surface area contributed by atoms with Gasteiger partial charge in [-0.25, -0.2) is 14.1 Å². The number of amides is 4. The first-order valence-corrected chi connectivity index (χ1v) is 8.15. The molecule has 1 atom stereocenters. The number of nitrogens with one attached hydrogen (secondary N) is 2. The molecule has 6 nitrogen and oxygen atoms in total. The molecule has 4 amide bonds. The standard InChI is InChI=1S/C19H18FN3O3/c1-11-7-8-14(20)9-13(11)10-17(24)22-15-5-3-4-6-16(15)23-18(25)12(2)21-19(23)26/h3-9,12H,10H2,1-2H3,(H,21,26)(H,22,24). The van der Waals surface area contributed by atoms with Gasteiger partial charge < -0.3 is 10.6 Å². The van der Waals surface area contributed by atoms with E-state index in [-0.39, 0.29) is 12.3 Å². The number of hydrogen-bond acceptors (Lipinski definition) is 3. The van der Waals surface area contributed by atoms with Crippen molar-refractivity contribution < 1.29 is 18.8 Å². The molecule has 0 aliphatic carbocycles. The average Bonchev–Trinajstić information content (AvgIpc) is 2.84. The predicted octanol–water partition coefficient (Wildman–Crippen LogP) is 2.76. The molecule has 134 valence electrons. The lowest BCUT2D eigenvalue weighted by Gasteiger charge is -2.18. The molecule has 1 fully saturated rings. The van der Waals surface area contributed by atoms with Crippen molar-refractivity contribution in [2.75, 3.05) is 10.2 Å². The van der Waals surface area contributed by atoms with Crippen LogP contribution in [0.2, 0.25) is 0 Å². The van der Waals surface area contributed by atoms with E-state index in [1.165, 1.54) is 12.1 Å². The van der Waals surface area contributed by atoms with Crippen molar-refractivity contribution in [1.82, 2.24) is 5.32 Å². The molecule has 2 aromatic carbocycles. The third kappa shape index (κ3) is 3.42. The van der Waals surface area contributed by atoms with E-state index < -0.39 is 23.8 Å². The topological polar surface area (TPSA) is 78.5 Å². The number of urea groups is 1. The van der Waals surface area contributed by atoms with Crippen LogP contribution in [0.5, 0.6) is 0 Å². The summed E-state index contributed by atoms with van der Waals surface area (Å²) in [5.74, 6) is -1.17. The summed E-state index contributed by atoms with van der Waals surface area (Å²) in [6.45, 7) is 3.39. The fraction of sp³-hybridized carbons (Fsp3) is 0.211. The molecular formula is C19H18FN3O3. The number of halogens is 1. The van der Waals surface area contributed by atoms with Crippen molar-refractivity contribution in [1.29, 1.82) is 0 Å². The summed E-state index contributed by atoms with van der Waals surface area (Å²) < 4.78 is 13.4. The molecule has 7 heteroatoms. The van der Waals surface area contributed by atoms with E-state index in [2.05, 4.69) is 10.6 Å². The van der Waals surface area contributed by atoms with E-state index in [0.29, 0.717) is 16.9 Å². The first-order valence-electron chi connectivity index (χ1n) is 8.15. The van der Waals surface area contributed by atoms with Gasteiger partial charge in [0, 0.05) is 0 Å². The number of hydrogen-bond donors (Lipinski definition) is 2. The summed E-state index contributed by atoms with van der Waals surface area (Å²) in [5.41, 5.74) is 2.01. The lowest BCUT2D eigenvalue weighted by molar-refractivity contribution is -0.118. The minimum absolute atomic E-state index is 0.0194. The van der Waals surface area contributed by atoms with Crippen LogP contribution in [0.3, 0.4) is 0 Å². The summed E-state index contributed by atoms with van der Waals surface area (Å²) >= 11 is 0. The highest BCUT2D eigenvalue weighted by atomic mass is 19.1. The van der Waals surface area contributed by atoms with Gasteiger partial charge in [-0.05, 0) is 49.2 Å². The Morgan fingerprint density at radius 3 is 2.65 bits per heavy atom. The molecule has 2 aromatic rings. The van der Waals surface area contributed by atoms with Gasteiger partial charge in [-0.1, -0.05) is 18.2 Å². The summed E-state index contributed by atoms with van der Waals surface area (Å²) in [5, 5.41) is 5.24. The Labute approximate surface area is 150 Å². The Hall–Kier alpha value is -3.22. The Morgan fingerprint density at radius 1 is 1.23 bits per heavy atom. The van der Waals surface area contributed by atoms with Gasteiger partial charge in [-0.3, -0.25) is 9.59 Å². The maximum atomic E-state index is 13.4. The number of carbonyl (C=O) groups is 3. The van der Waals surface area contributed by atoms with Gasteiger partial charge in [-0.2, -0.15) is 0 Å².